The zero-order chi connectivity index (χ0) is 11.3. The highest BCUT2D eigenvalue weighted by molar-refractivity contribution is 7.99. The van der Waals surface area contributed by atoms with E-state index in [-0.39, 0.29) is 5.75 Å². The molecule has 0 atom stereocenters. The number of hydrogen-bond donors (Lipinski definition) is 0. The molecule has 5 nitrogen and oxygen atoms in total. The minimum Gasteiger partial charge on any atom is -0.549 e. The average molecular weight is 228 g/mol. The van der Waals surface area contributed by atoms with E-state index < -0.39 is 5.97 Å². The Hall–Kier alpha value is -1.04. The second-order valence-electron chi connectivity index (χ2n) is 3.05. The minimum atomic E-state index is -1.08. The highest BCUT2D eigenvalue weighted by Crippen LogP contribution is 2.16. The zero-order valence-corrected chi connectivity index (χ0v) is 9.71. The molecule has 6 heteroatoms. The Labute approximate surface area is 92.9 Å². The van der Waals surface area contributed by atoms with Gasteiger partial charge in [0.25, 0.3) is 0 Å². The fourth-order valence-electron chi connectivity index (χ4n) is 1.28. The van der Waals surface area contributed by atoms with Gasteiger partial charge in [0.2, 0.25) is 0 Å². The van der Waals surface area contributed by atoms with E-state index in [4.69, 9.17) is 0 Å². The lowest BCUT2D eigenvalue weighted by Crippen LogP contribution is -2.24. The predicted molar refractivity (Wildman–Crippen MR) is 55.4 cm³/mol. The SMILES string of the molecule is CCCc1nnc(SCC(=O)[O-])n1CC. The average Bonchev–Trinajstić information content (AvgIpc) is 2.58. The number of carbonyl (C=O) groups is 1. The number of carbonyl (C=O) groups excluding carboxylic acids is 1. The van der Waals surface area contributed by atoms with Crippen molar-refractivity contribution in [3.05, 3.63) is 5.82 Å². The highest BCUT2D eigenvalue weighted by atomic mass is 32.2. The van der Waals surface area contributed by atoms with Crippen molar-refractivity contribution in [3.63, 3.8) is 0 Å². The summed E-state index contributed by atoms with van der Waals surface area (Å²) in [7, 11) is 0. The summed E-state index contributed by atoms with van der Waals surface area (Å²) in [6.45, 7) is 4.83. The second kappa shape index (κ2) is 5.75. The molecule has 0 unspecified atom stereocenters. The third-order valence-electron chi connectivity index (χ3n) is 1.90. The third-order valence-corrected chi connectivity index (χ3v) is 2.84. The molecule has 0 bridgehead atoms. The summed E-state index contributed by atoms with van der Waals surface area (Å²) in [5.41, 5.74) is 0. The molecule has 0 amide bonds. The molecule has 0 saturated carbocycles. The van der Waals surface area contributed by atoms with E-state index >= 15 is 0 Å². The van der Waals surface area contributed by atoms with Crippen molar-refractivity contribution in [1.29, 1.82) is 0 Å². The van der Waals surface area contributed by atoms with Crippen LogP contribution in [0.25, 0.3) is 0 Å². The predicted octanol–water partition coefficient (Wildman–Crippen LogP) is 0.0925. The van der Waals surface area contributed by atoms with Crippen LogP contribution in [0.5, 0.6) is 0 Å². The summed E-state index contributed by atoms with van der Waals surface area (Å²) in [4.78, 5) is 10.3. The van der Waals surface area contributed by atoms with E-state index in [0.717, 1.165) is 37.0 Å². The summed E-state index contributed by atoms with van der Waals surface area (Å²) in [5, 5.41) is 19.0. The number of aromatic nitrogens is 3. The molecule has 1 aromatic heterocycles. The first kappa shape index (κ1) is 12.0. The molecule has 0 aliphatic rings. The summed E-state index contributed by atoms with van der Waals surface area (Å²) < 4.78 is 1.94. The Morgan fingerprint density at radius 2 is 2.20 bits per heavy atom. The molecule has 0 fully saturated rings. The molecule has 15 heavy (non-hydrogen) atoms. The summed E-state index contributed by atoms with van der Waals surface area (Å²) >= 11 is 1.15. The van der Waals surface area contributed by atoms with Crippen LogP contribution in [0.2, 0.25) is 0 Å². The van der Waals surface area contributed by atoms with Crippen molar-refractivity contribution in [3.8, 4) is 0 Å². The van der Waals surface area contributed by atoms with Gasteiger partial charge in [0, 0.05) is 18.7 Å². The van der Waals surface area contributed by atoms with Gasteiger partial charge in [-0.2, -0.15) is 0 Å². The van der Waals surface area contributed by atoms with Gasteiger partial charge in [-0.3, -0.25) is 0 Å². The molecule has 1 heterocycles. The van der Waals surface area contributed by atoms with Gasteiger partial charge in [-0.25, -0.2) is 0 Å². The van der Waals surface area contributed by atoms with Crippen LogP contribution in [0.3, 0.4) is 0 Å². The number of hydrogen-bond acceptors (Lipinski definition) is 5. The normalized spacial score (nSPS) is 10.5. The fourth-order valence-corrected chi connectivity index (χ4v) is 2.01. The van der Waals surface area contributed by atoms with Crippen LogP contribution in [-0.2, 0) is 17.8 Å². The van der Waals surface area contributed by atoms with E-state index in [1.54, 1.807) is 0 Å². The summed E-state index contributed by atoms with van der Waals surface area (Å²) in [5.74, 6) is -0.242. The van der Waals surface area contributed by atoms with E-state index in [1.807, 2.05) is 11.5 Å². The molecule has 0 aromatic carbocycles. The van der Waals surface area contributed by atoms with Gasteiger partial charge in [-0.15, -0.1) is 10.2 Å². The van der Waals surface area contributed by atoms with Gasteiger partial charge in [0.05, 0.1) is 5.97 Å². The second-order valence-corrected chi connectivity index (χ2v) is 4.00. The smallest absolute Gasteiger partial charge is 0.191 e. The lowest BCUT2D eigenvalue weighted by atomic mass is 10.3. The Bertz CT molecular complexity index is 338. The Kier molecular flexibility index (Phi) is 4.61. The topological polar surface area (TPSA) is 70.8 Å². The van der Waals surface area contributed by atoms with Crippen LogP contribution in [0, 0.1) is 0 Å². The van der Waals surface area contributed by atoms with Crippen LogP contribution in [0.15, 0.2) is 5.16 Å². The zero-order valence-electron chi connectivity index (χ0n) is 8.89. The molecule has 84 valence electrons. The first-order valence-corrected chi connectivity index (χ1v) is 5.92. The first-order valence-electron chi connectivity index (χ1n) is 4.93. The van der Waals surface area contributed by atoms with Gasteiger partial charge in [-0.1, -0.05) is 18.7 Å². The number of carboxylic acids is 1. The number of aliphatic carboxylic acids is 1. The lowest BCUT2D eigenvalue weighted by molar-refractivity contribution is -0.301. The number of thioether (sulfide) groups is 1. The van der Waals surface area contributed by atoms with Crippen LogP contribution in [-0.4, -0.2) is 26.5 Å². The van der Waals surface area contributed by atoms with Gasteiger partial charge in [0.1, 0.15) is 5.82 Å². The molecule has 0 aliphatic carbocycles. The minimum absolute atomic E-state index is 0.0791. The van der Waals surface area contributed by atoms with Crippen molar-refractivity contribution in [2.45, 2.75) is 38.4 Å². The number of aryl methyl sites for hydroxylation is 1. The van der Waals surface area contributed by atoms with Gasteiger partial charge >= 0.3 is 0 Å². The van der Waals surface area contributed by atoms with Crippen LogP contribution >= 0.6 is 11.8 Å². The molecular formula is C9H14N3O2S-. The molecule has 1 aromatic rings. The Morgan fingerprint density at radius 3 is 2.73 bits per heavy atom. The molecule has 0 saturated heterocycles. The molecule has 0 aliphatic heterocycles. The van der Waals surface area contributed by atoms with E-state index in [1.165, 1.54) is 0 Å². The van der Waals surface area contributed by atoms with Crippen molar-refractivity contribution in [1.82, 2.24) is 14.8 Å². The first-order chi connectivity index (χ1) is 7.19. The lowest BCUT2D eigenvalue weighted by Gasteiger charge is -2.06. The van der Waals surface area contributed by atoms with Crippen LogP contribution in [0.1, 0.15) is 26.1 Å². The van der Waals surface area contributed by atoms with Crippen LogP contribution in [0.4, 0.5) is 0 Å². The Balaban J connectivity index is 2.74. The molecule has 0 N–H and O–H groups in total. The summed E-state index contributed by atoms with van der Waals surface area (Å²) in [6, 6.07) is 0. The number of rotatable bonds is 6. The molecule has 1 rings (SSSR count). The van der Waals surface area contributed by atoms with Crippen LogP contribution < -0.4 is 5.11 Å². The Morgan fingerprint density at radius 1 is 1.47 bits per heavy atom. The maximum atomic E-state index is 10.3. The molecule has 0 radical (unpaired) electrons. The highest BCUT2D eigenvalue weighted by Gasteiger charge is 2.09. The quantitative estimate of drug-likeness (QED) is 0.645. The van der Waals surface area contributed by atoms with Gasteiger partial charge < -0.3 is 14.5 Å². The number of nitrogens with zero attached hydrogens (tertiary/aromatic N) is 3. The van der Waals surface area contributed by atoms with Gasteiger partial charge in [0.15, 0.2) is 5.16 Å². The van der Waals surface area contributed by atoms with Crippen molar-refractivity contribution < 1.29 is 9.90 Å². The van der Waals surface area contributed by atoms with E-state index in [9.17, 15) is 9.90 Å². The van der Waals surface area contributed by atoms with E-state index in [2.05, 4.69) is 17.1 Å². The maximum Gasteiger partial charge on any atom is 0.191 e. The van der Waals surface area contributed by atoms with Crippen molar-refractivity contribution in [2.24, 2.45) is 0 Å². The van der Waals surface area contributed by atoms with E-state index in [0.29, 0.717) is 5.16 Å². The molecular weight excluding hydrogens is 214 g/mol. The number of carboxylic acid groups (broad SMARTS) is 1. The van der Waals surface area contributed by atoms with Crippen molar-refractivity contribution in [2.75, 3.05) is 5.75 Å². The monoisotopic (exact) mass is 228 g/mol. The fraction of sp³-hybridized carbons (Fsp3) is 0.667. The summed E-state index contributed by atoms with van der Waals surface area (Å²) in [6.07, 6.45) is 1.87. The van der Waals surface area contributed by atoms with Crippen molar-refractivity contribution >= 4 is 17.7 Å². The molecule has 0 spiro atoms. The largest absolute Gasteiger partial charge is 0.549 e. The van der Waals surface area contributed by atoms with Gasteiger partial charge in [-0.05, 0) is 13.3 Å². The standard InChI is InChI=1S/C9H15N3O2S/c1-3-5-7-10-11-9(12(7)4-2)15-6-8(13)14/h3-6H2,1-2H3,(H,13,14)/p-1. The third kappa shape index (κ3) is 3.23. The maximum absolute atomic E-state index is 10.3.